The van der Waals surface area contributed by atoms with Gasteiger partial charge in [0.2, 0.25) is 0 Å². The normalized spacial score (nSPS) is 6.46. The summed E-state index contributed by atoms with van der Waals surface area (Å²) in [5.41, 5.74) is 0. The third kappa shape index (κ3) is 61.1. The van der Waals surface area contributed by atoms with Crippen molar-refractivity contribution in [2.75, 3.05) is 19.7 Å². The molecule has 1 radical (unpaired) electrons. The Morgan fingerprint density at radius 1 is 1.00 bits per heavy atom. The second-order valence-corrected chi connectivity index (χ2v) is 1.93. The molecule has 0 heterocycles. The van der Waals surface area contributed by atoms with Crippen LogP contribution in [0, 0.1) is 0 Å². The summed E-state index contributed by atoms with van der Waals surface area (Å²) in [7, 11) is 0. The molecule has 0 aromatic rings. The maximum atomic E-state index is 8.07. The third-order valence-corrected chi connectivity index (χ3v) is 0.959. The van der Waals surface area contributed by atoms with Crippen LogP contribution in [0.25, 0.3) is 5.32 Å². The number of hydrogen-bond donors (Lipinski definition) is 1. The Balaban J connectivity index is -0.0000000267. The van der Waals surface area contributed by atoms with E-state index in [9.17, 15) is 0 Å². The Hall–Kier alpha value is 1.21. The smallest absolute Gasteiger partial charge is 1.00 e. The van der Waals surface area contributed by atoms with Crippen LogP contribution in [0.4, 0.5) is 0 Å². The molecule has 0 aliphatic heterocycles. The van der Waals surface area contributed by atoms with Gasteiger partial charge in [0.15, 0.2) is 0 Å². The molecular formula is C8H20Cl2NOTi. The van der Waals surface area contributed by atoms with Crippen molar-refractivity contribution in [1.29, 1.82) is 0 Å². The van der Waals surface area contributed by atoms with Crippen LogP contribution in [-0.4, -0.2) is 24.8 Å². The van der Waals surface area contributed by atoms with E-state index in [1.807, 2.05) is 13.8 Å². The molecule has 0 amide bonds. The third-order valence-electron chi connectivity index (χ3n) is 0.959. The monoisotopic (exact) mass is 264 g/mol. The number of halogens is 2. The van der Waals surface area contributed by atoms with E-state index in [-0.39, 0.29) is 46.5 Å². The van der Waals surface area contributed by atoms with Gasteiger partial charge in [-0.25, -0.2) is 0 Å². The summed E-state index contributed by atoms with van der Waals surface area (Å²) < 4.78 is 0. The molecular weight excluding hydrogens is 245 g/mol. The SMILES string of the molecule is CCCCO.CC[N-]CC.[Cl-].[Cl-].[Ti+3]. The summed E-state index contributed by atoms with van der Waals surface area (Å²) in [4.78, 5) is 0. The molecule has 5 heteroatoms. The molecule has 0 aromatic carbocycles. The van der Waals surface area contributed by atoms with Crippen LogP contribution in [-0.2, 0) is 21.7 Å². The maximum Gasteiger partial charge on any atom is 3.00 e. The van der Waals surface area contributed by atoms with Gasteiger partial charge in [-0.3, -0.25) is 0 Å². The summed E-state index contributed by atoms with van der Waals surface area (Å²) >= 11 is 0. The number of hydrogen-bond acceptors (Lipinski definition) is 1. The molecule has 2 nitrogen and oxygen atoms in total. The first kappa shape index (κ1) is 29.2. The summed E-state index contributed by atoms with van der Waals surface area (Å²) in [6.45, 7) is 8.42. The molecule has 81 valence electrons. The predicted molar refractivity (Wildman–Crippen MR) is 46.4 cm³/mol. The fourth-order valence-electron chi connectivity index (χ4n) is 0.382. The standard InChI is InChI=1S/C4H10N.C4H10O.2ClH.Ti/c1-3-5-4-2;1-2-3-4-5;;;/h3-4H2,1-2H3;5H,2-4H2,1H3;2*1H;/q-1;;;;+3/p-2. The fourth-order valence-corrected chi connectivity index (χ4v) is 0.382. The van der Waals surface area contributed by atoms with Crippen molar-refractivity contribution in [1.82, 2.24) is 0 Å². The van der Waals surface area contributed by atoms with Gasteiger partial charge in [0.1, 0.15) is 0 Å². The van der Waals surface area contributed by atoms with E-state index in [1.165, 1.54) is 0 Å². The minimum Gasteiger partial charge on any atom is -1.00 e. The van der Waals surface area contributed by atoms with Gasteiger partial charge in [0.05, 0.1) is 0 Å². The second kappa shape index (κ2) is 37.9. The Morgan fingerprint density at radius 3 is 1.38 bits per heavy atom. The molecule has 0 bridgehead atoms. The van der Waals surface area contributed by atoms with Gasteiger partial charge >= 0.3 is 21.7 Å². The Labute approximate surface area is 110 Å². The molecule has 0 aliphatic carbocycles. The van der Waals surface area contributed by atoms with Crippen LogP contribution in [0.3, 0.4) is 0 Å². The van der Waals surface area contributed by atoms with Crippen molar-refractivity contribution in [2.24, 2.45) is 0 Å². The molecule has 0 atom stereocenters. The average molecular weight is 265 g/mol. The molecule has 0 rings (SSSR count). The van der Waals surface area contributed by atoms with Crippen LogP contribution in [0.5, 0.6) is 0 Å². The van der Waals surface area contributed by atoms with Crippen molar-refractivity contribution < 1.29 is 51.6 Å². The Kier molecular flexibility index (Phi) is 85.2. The van der Waals surface area contributed by atoms with E-state index in [2.05, 4.69) is 12.2 Å². The van der Waals surface area contributed by atoms with Crippen molar-refractivity contribution in [3.63, 3.8) is 0 Å². The molecule has 0 fully saturated rings. The zero-order valence-electron chi connectivity index (χ0n) is 8.69. The number of unbranched alkanes of at least 4 members (excludes halogenated alkanes) is 1. The molecule has 0 spiro atoms. The zero-order valence-corrected chi connectivity index (χ0v) is 11.8. The Morgan fingerprint density at radius 2 is 1.38 bits per heavy atom. The molecule has 0 aliphatic rings. The number of nitrogens with zero attached hydrogens (tertiary/aromatic N) is 1. The van der Waals surface area contributed by atoms with E-state index in [0.717, 1.165) is 25.9 Å². The molecule has 0 unspecified atom stereocenters. The van der Waals surface area contributed by atoms with Crippen LogP contribution in [0.15, 0.2) is 0 Å². The Bertz CT molecular complexity index is 43.1. The van der Waals surface area contributed by atoms with Gasteiger partial charge in [0.25, 0.3) is 0 Å². The summed E-state index contributed by atoms with van der Waals surface area (Å²) in [6.07, 6.45) is 2.04. The number of rotatable bonds is 4. The van der Waals surface area contributed by atoms with Gasteiger partial charge in [-0.2, -0.15) is 13.1 Å². The predicted octanol–water partition coefficient (Wildman–Crippen LogP) is -3.82. The largest absolute Gasteiger partial charge is 3.00 e. The van der Waals surface area contributed by atoms with E-state index in [0.29, 0.717) is 6.61 Å². The summed E-state index contributed by atoms with van der Waals surface area (Å²) in [5, 5.41) is 12.0. The van der Waals surface area contributed by atoms with Crippen molar-refractivity contribution >= 4 is 0 Å². The summed E-state index contributed by atoms with van der Waals surface area (Å²) in [6, 6.07) is 0. The number of aliphatic hydroxyl groups is 1. The minimum absolute atomic E-state index is 0. The van der Waals surface area contributed by atoms with Crippen LogP contribution in [0.1, 0.15) is 33.6 Å². The molecule has 13 heavy (non-hydrogen) atoms. The van der Waals surface area contributed by atoms with Crippen molar-refractivity contribution in [3.8, 4) is 0 Å². The van der Waals surface area contributed by atoms with E-state index in [4.69, 9.17) is 5.11 Å². The first-order valence-corrected chi connectivity index (χ1v) is 4.07. The van der Waals surface area contributed by atoms with Crippen molar-refractivity contribution in [2.45, 2.75) is 33.6 Å². The number of aliphatic hydroxyl groups excluding tert-OH is 1. The average Bonchev–Trinajstić information content (AvgIpc) is 1.93. The van der Waals surface area contributed by atoms with Crippen molar-refractivity contribution in [3.05, 3.63) is 5.32 Å². The van der Waals surface area contributed by atoms with Gasteiger partial charge in [-0.15, -0.1) is 0 Å². The van der Waals surface area contributed by atoms with E-state index >= 15 is 0 Å². The maximum absolute atomic E-state index is 8.07. The summed E-state index contributed by atoms with van der Waals surface area (Å²) in [5.74, 6) is 0. The first-order valence-electron chi connectivity index (χ1n) is 4.07. The van der Waals surface area contributed by atoms with E-state index in [1.54, 1.807) is 0 Å². The van der Waals surface area contributed by atoms with Gasteiger partial charge in [-0.05, 0) is 6.42 Å². The van der Waals surface area contributed by atoms with Crippen LogP contribution in [0.2, 0.25) is 0 Å². The molecule has 0 saturated carbocycles. The quantitative estimate of drug-likeness (QED) is 0.519. The molecule has 0 saturated heterocycles. The topological polar surface area (TPSA) is 34.3 Å². The van der Waals surface area contributed by atoms with Gasteiger partial charge < -0.3 is 35.2 Å². The second-order valence-electron chi connectivity index (χ2n) is 1.93. The molecule has 1 N–H and O–H groups in total. The fraction of sp³-hybridized carbons (Fsp3) is 1.00. The van der Waals surface area contributed by atoms with Crippen LogP contribution < -0.4 is 24.8 Å². The van der Waals surface area contributed by atoms with E-state index < -0.39 is 0 Å². The minimum atomic E-state index is 0. The van der Waals surface area contributed by atoms with Gasteiger partial charge in [0, 0.05) is 6.61 Å². The first-order chi connectivity index (χ1) is 4.83. The van der Waals surface area contributed by atoms with Crippen LogP contribution >= 0.6 is 0 Å². The van der Waals surface area contributed by atoms with Gasteiger partial charge in [-0.1, -0.05) is 27.2 Å². The molecule has 0 aromatic heterocycles. The zero-order chi connectivity index (χ0) is 8.24.